The highest BCUT2D eigenvalue weighted by Crippen LogP contribution is 2.38. The molecule has 0 fully saturated rings. The second-order valence-electron chi connectivity index (χ2n) is 8.82. The highest BCUT2D eigenvalue weighted by molar-refractivity contribution is 7.90. The zero-order valence-corrected chi connectivity index (χ0v) is 22.5. The lowest BCUT2D eigenvalue weighted by molar-refractivity contribution is -0.124. The first-order chi connectivity index (χ1) is 16.5. The average molecular weight is 512 g/mol. The number of carbonyl (C=O) groups is 1. The summed E-state index contributed by atoms with van der Waals surface area (Å²) in [5, 5.41) is 21.6. The molecule has 0 aliphatic rings. The Hall–Kier alpha value is -2.36. The molecule has 0 radical (unpaired) electrons. The number of phenols is 2. The van der Waals surface area contributed by atoms with Gasteiger partial charge in [0.25, 0.3) is 15.9 Å². The van der Waals surface area contributed by atoms with Crippen molar-refractivity contribution in [2.45, 2.75) is 77.5 Å². The lowest BCUT2D eigenvalue weighted by Gasteiger charge is -2.17. The van der Waals surface area contributed by atoms with E-state index in [1.807, 2.05) is 38.5 Å². The van der Waals surface area contributed by atoms with Gasteiger partial charge in [-0.15, -0.1) is 0 Å². The monoisotopic (exact) mass is 511 g/mol. The highest BCUT2D eigenvalue weighted by atomic mass is 32.2. The first-order valence-corrected chi connectivity index (χ1v) is 13.5. The smallest absolute Gasteiger partial charge is 0.268 e. The molecule has 0 saturated heterocycles. The number of aromatic hydroxyl groups is 2. The van der Waals surface area contributed by atoms with Gasteiger partial charge in [0, 0.05) is 12.7 Å². The molecule has 1 amide bonds. The minimum absolute atomic E-state index is 0.106. The van der Waals surface area contributed by atoms with Gasteiger partial charge in [-0.25, -0.2) is 13.1 Å². The number of hydrogen-bond acceptors (Lipinski definition) is 7. The Bertz CT molecular complexity index is 993. The zero-order valence-electron chi connectivity index (χ0n) is 21.6. The molecule has 1 aromatic carbocycles. The lowest BCUT2D eigenvalue weighted by atomic mass is 10.00. The van der Waals surface area contributed by atoms with Crippen LogP contribution < -0.4 is 4.72 Å². The van der Waals surface area contributed by atoms with Crippen LogP contribution in [-0.2, 0) is 37.1 Å². The number of phenolic OH excluding ortho intramolecular Hbond substituents is 2. The quantitative estimate of drug-likeness (QED) is 0.220. The fourth-order valence-electron chi connectivity index (χ4n) is 3.48. The van der Waals surface area contributed by atoms with E-state index in [1.165, 1.54) is 18.7 Å². The molecule has 0 atom stereocenters. The molecular weight excluding hydrogens is 470 g/mol. The molecule has 3 N–H and O–H groups in total. The highest BCUT2D eigenvalue weighted by Gasteiger charge is 2.28. The molecule has 35 heavy (non-hydrogen) atoms. The van der Waals surface area contributed by atoms with Crippen LogP contribution >= 0.6 is 0 Å². The van der Waals surface area contributed by atoms with E-state index in [9.17, 15) is 23.4 Å². The molecule has 9 heteroatoms. The Morgan fingerprint density at radius 2 is 1.83 bits per heavy atom. The summed E-state index contributed by atoms with van der Waals surface area (Å²) in [5.41, 5.74) is 2.66. The number of benzene rings is 1. The van der Waals surface area contributed by atoms with E-state index in [2.05, 4.69) is 6.08 Å². The number of sulfonamides is 1. The fourth-order valence-corrected chi connectivity index (χ4v) is 4.83. The van der Waals surface area contributed by atoms with Gasteiger partial charge in [-0.3, -0.25) is 4.79 Å². The van der Waals surface area contributed by atoms with Crippen molar-refractivity contribution in [1.82, 2.24) is 4.72 Å². The molecule has 0 saturated carbocycles. The molecule has 0 unspecified atom stereocenters. The minimum Gasteiger partial charge on any atom is -0.508 e. The predicted octanol–water partition coefficient (Wildman–Crippen LogP) is 4.53. The van der Waals surface area contributed by atoms with Crippen molar-refractivity contribution < 1.29 is 32.9 Å². The van der Waals surface area contributed by atoms with Gasteiger partial charge >= 0.3 is 0 Å². The van der Waals surface area contributed by atoms with Crippen LogP contribution in [0.15, 0.2) is 34.3 Å². The van der Waals surface area contributed by atoms with Crippen molar-refractivity contribution in [3.05, 3.63) is 40.5 Å². The largest absolute Gasteiger partial charge is 0.508 e. The normalized spacial score (nSPS) is 12.0. The molecule has 0 aliphatic heterocycles. The topological polar surface area (TPSA) is 122 Å². The molecule has 0 aromatic heterocycles. The molecule has 0 bridgehead atoms. The maximum Gasteiger partial charge on any atom is 0.268 e. The number of hydrogen-bond donors (Lipinski definition) is 3. The van der Waals surface area contributed by atoms with Crippen molar-refractivity contribution in [3.63, 3.8) is 0 Å². The van der Waals surface area contributed by atoms with Crippen LogP contribution in [0.3, 0.4) is 0 Å². The summed E-state index contributed by atoms with van der Waals surface area (Å²) in [6, 6.07) is 1.38. The number of rotatable bonds is 16. The van der Waals surface area contributed by atoms with E-state index in [0.29, 0.717) is 12.8 Å². The maximum atomic E-state index is 13.1. The van der Waals surface area contributed by atoms with E-state index >= 15 is 0 Å². The molecule has 198 valence electrons. The van der Waals surface area contributed by atoms with Crippen molar-refractivity contribution in [3.8, 4) is 11.5 Å². The predicted molar refractivity (Wildman–Crippen MR) is 137 cm³/mol. The van der Waals surface area contributed by atoms with Gasteiger partial charge < -0.3 is 19.7 Å². The summed E-state index contributed by atoms with van der Waals surface area (Å²) in [4.78, 5) is 11.8. The molecular formula is C26H41NO7S. The van der Waals surface area contributed by atoms with Crippen LogP contribution in [0.4, 0.5) is 0 Å². The van der Waals surface area contributed by atoms with Gasteiger partial charge in [0.15, 0.2) is 0 Å². The van der Waals surface area contributed by atoms with Gasteiger partial charge in [0.05, 0.1) is 13.2 Å². The number of unbranched alkanes of at least 4 members (excludes halogenated alkanes) is 2. The van der Waals surface area contributed by atoms with Crippen LogP contribution in [-0.4, -0.2) is 51.5 Å². The minimum atomic E-state index is -4.40. The first kappa shape index (κ1) is 30.7. The van der Waals surface area contributed by atoms with Crippen LogP contribution in [0.2, 0.25) is 0 Å². The van der Waals surface area contributed by atoms with Crippen molar-refractivity contribution in [2.75, 3.05) is 26.9 Å². The number of methoxy groups -OCH3 is 1. The molecule has 0 spiro atoms. The van der Waals surface area contributed by atoms with Crippen molar-refractivity contribution >= 4 is 15.9 Å². The van der Waals surface area contributed by atoms with Crippen LogP contribution in [0.5, 0.6) is 11.5 Å². The van der Waals surface area contributed by atoms with Gasteiger partial charge in [0.2, 0.25) is 0 Å². The number of amides is 1. The van der Waals surface area contributed by atoms with E-state index in [4.69, 9.17) is 9.47 Å². The summed E-state index contributed by atoms with van der Waals surface area (Å²) in [7, 11) is -2.92. The van der Waals surface area contributed by atoms with Crippen LogP contribution in [0, 0.1) is 0 Å². The van der Waals surface area contributed by atoms with Gasteiger partial charge in [-0.05, 0) is 64.5 Å². The van der Waals surface area contributed by atoms with E-state index in [1.54, 1.807) is 0 Å². The van der Waals surface area contributed by atoms with Crippen molar-refractivity contribution in [2.24, 2.45) is 0 Å². The van der Waals surface area contributed by atoms with E-state index in [-0.39, 0.29) is 41.4 Å². The van der Waals surface area contributed by atoms with Gasteiger partial charge in [-0.1, -0.05) is 43.1 Å². The van der Waals surface area contributed by atoms with E-state index < -0.39 is 28.3 Å². The number of ether oxygens (including phenoxy) is 2. The van der Waals surface area contributed by atoms with Crippen LogP contribution in [0.25, 0.3) is 0 Å². The van der Waals surface area contributed by atoms with Gasteiger partial charge in [-0.2, -0.15) is 0 Å². The Balaban J connectivity index is 3.25. The zero-order chi connectivity index (χ0) is 26.4. The fraction of sp³-hybridized carbons (Fsp3) is 0.577. The Kier molecular flexibility index (Phi) is 13.7. The van der Waals surface area contributed by atoms with Crippen LogP contribution in [0.1, 0.15) is 70.9 Å². The summed E-state index contributed by atoms with van der Waals surface area (Å²) in [5.74, 6) is -1.56. The number of aryl methyl sites for hydroxylation is 1. The first-order valence-electron chi connectivity index (χ1n) is 12.0. The molecule has 1 aromatic rings. The molecule has 0 aliphatic carbocycles. The summed E-state index contributed by atoms with van der Waals surface area (Å²) < 4.78 is 38.2. The lowest BCUT2D eigenvalue weighted by Crippen LogP contribution is -2.34. The average Bonchev–Trinajstić information content (AvgIpc) is 2.75. The number of carbonyl (C=O) groups excluding carboxylic acids is 1. The summed E-state index contributed by atoms with van der Waals surface area (Å²) in [6.45, 7) is 7.98. The Morgan fingerprint density at radius 3 is 2.46 bits per heavy atom. The summed E-state index contributed by atoms with van der Waals surface area (Å²) in [6.07, 6.45) is 8.62. The second-order valence-corrected chi connectivity index (χ2v) is 10.4. The third-order valence-electron chi connectivity index (χ3n) is 5.39. The summed E-state index contributed by atoms with van der Waals surface area (Å²) >= 11 is 0. The molecule has 0 heterocycles. The molecule has 1 rings (SSSR count). The third-order valence-corrected chi connectivity index (χ3v) is 6.88. The second kappa shape index (κ2) is 15.6. The Morgan fingerprint density at radius 1 is 1.11 bits per heavy atom. The van der Waals surface area contributed by atoms with Crippen molar-refractivity contribution in [1.29, 1.82) is 0 Å². The Labute approximate surface area is 210 Å². The standard InChI is InChI=1S/C26H41NO7S/c1-6-7-8-12-21-17-23(28)22(14-13-20(4)11-9-10-19(2)3)25(30)26(21)35(31,32)27-24(29)18-34-16-15-33-5/h10,13,17,28,30H,6-9,11-12,14-16,18H2,1-5H3,(H,27,29)/b20-13+. The number of allylic oxidation sites excluding steroid dienone is 4. The molecule has 8 nitrogen and oxygen atoms in total. The maximum absolute atomic E-state index is 13.1. The van der Waals surface area contributed by atoms with E-state index in [0.717, 1.165) is 31.3 Å². The van der Waals surface area contributed by atoms with Gasteiger partial charge in [0.1, 0.15) is 23.0 Å². The SMILES string of the molecule is CCCCCc1cc(O)c(C/C=C(\C)CCC=C(C)C)c(O)c1S(=O)(=O)NC(=O)COCCOC. The number of nitrogens with one attached hydrogen (secondary N) is 1. The third kappa shape index (κ3) is 10.8.